The van der Waals surface area contributed by atoms with E-state index < -0.39 is 30.7 Å². The van der Waals surface area contributed by atoms with E-state index >= 15 is 0 Å². The molecular formula is C16H22F3N3O2. The smallest absolute Gasteiger partial charge is 0.380 e. The van der Waals surface area contributed by atoms with E-state index in [1.54, 1.807) is 12.4 Å². The second-order valence-corrected chi connectivity index (χ2v) is 6.79. The number of urea groups is 1. The number of piperidine rings is 1. The highest BCUT2D eigenvalue weighted by Gasteiger charge is 2.54. The molecule has 2 rings (SSSR count). The van der Waals surface area contributed by atoms with Crippen LogP contribution in [0.25, 0.3) is 0 Å². The van der Waals surface area contributed by atoms with Crippen LogP contribution in [-0.2, 0) is 5.41 Å². The van der Waals surface area contributed by atoms with Crippen molar-refractivity contribution in [2.45, 2.75) is 43.9 Å². The molecule has 2 amide bonds. The van der Waals surface area contributed by atoms with Crippen LogP contribution in [0.3, 0.4) is 0 Å². The Balaban J connectivity index is 1.88. The fourth-order valence-electron chi connectivity index (χ4n) is 2.68. The van der Waals surface area contributed by atoms with E-state index in [9.17, 15) is 23.1 Å². The number of hydrogen-bond acceptors (Lipinski definition) is 3. The Labute approximate surface area is 138 Å². The number of pyridine rings is 1. The zero-order chi connectivity index (χ0) is 18.0. The Morgan fingerprint density at radius 1 is 1.29 bits per heavy atom. The van der Waals surface area contributed by atoms with Crippen LogP contribution in [0, 0.1) is 0 Å². The summed E-state index contributed by atoms with van der Waals surface area (Å²) in [5.74, 6) is 0. The summed E-state index contributed by atoms with van der Waals surface area (Å²) in [6.07, 6.45) is -2.34. The molecule has 1 fully saturated rings. The van der Waals surface area contributed by atoms with Gasteiger partial charge in [-0.15, -0.1) is 0 Å². The second-order valence-electron chi connectivity index (χ2n) is 6.79. The predicted molar refractivity (Wildman–Crippen MR) is 82.5 cm³/mol. The normalized spacial score (nSPS) is 18.3. The average Bonchev–Trinajstić information content (AvgIpc) is 2.53. The summed E-state index contributed by atoms with van der Waals surface area (Å²) in [4.78, 5) is 17.4. The molecule has 0 aliphatic carbocycles. The van der Waals surface area contributed by atoms with Crippen molar-refractivity contribution in [1.29, 1.82) is 0 Å². The molecule has 1 aliphatic rings. The van der Waals surface area contributed by atoms with Crippen molar-refractivity contribution in [3.8, 4) is 0 Å². The lowest BCUT2D eigenvalue weighted by atomic mass is 9.85. The molecule has 0 spiro atoms. The molecule has 0 bridgehead atoms. The number of carbonyl (C=O) groups excluding carboxylic acids is 1. The van der Waals surface area contributed by atoms with E-state index in [0.29, 0.717) is 6.54 Å². The summed E-state index contributed by atoms with van der Waals surface area (Å²) >= 11 is 0. The minimum absolute atomic E-state index is 0.127. The molecule has 0 unspecified atom stereocenters. The Morgan fingerprint density at radius 2 is 1.83 bits per heavy atom. The molecule has 24 heavy (non-hydrogen) atoms. The van der Waals surface area contributed by atoms with E-state index in [1.165, 1.54) is 4.90 Å². The van der Waals surface area contributed by atoms with Gasteiger partial charge < -0.3 is 15.3 Å². The first-order valence-electron chi connectivity index (χ1n) is 7.78. The summed E-state index contributed by atoms with van der Waals surface area (Å²) in [7, 11) is 0. The predicted octanol–water partition coefficient (Wildman–Crippen LogP) is 2.46. The maximum atomic E-state index is 12.8. The van der Waals surface area contributed by atoms with Gasteiger partial charge >= 0.3 is 12.2 Å². The van der Waals surface area contributed by atoms with Gasteiger partial charge in [-0.25, -0.2) is 4.79 Å². The zero-order valence-electron chi connectivity index (χ0n) is 13.7. The first kappa shape index (κ1) is 18.5. The molecule has 134 valence electrons. The molecule has 8 heteroatoms. The maximum Gasteiger partial charge on any atom is 0.417 e. The summed E-state index contributed by atoms with van der Waals surface area (Å²) < 4.78 is 38.3. The Kier molecular flexibility index (Phi) is 5.08. The third-order valence-electron chi connectivity index (χ3n) is 4.55. The highest BCUT2D eigenvalue weighted by molar-refractivity contribution is 5.74. The topological polar surface area (TPSA) is 65.5 Å². The number of amides is 2. The van der Waals surface area contributed by atoms with Gasteiger partial charge in [-0.1, -0.05) is 13.8 Å². The first-order chi connectivity index (χ1) is 11.1. The van der Waals surface area contributed by atoms with E-state index in [-0.39, 0.29) is 18.5 Å². The second kappa shape index (κ2) is 6.58. The van der Waals surface area contributed by atoms with Crippen LogP contribution in [0.1, 0.15) is 32.3 Å². The third-order valence-corrected chi connectivity index (χ3v) is 4.55. The van der Waals surface area contributed by atoms with E-state index in [4.69, 9.17) is 0 Å². The van der Waals surface area contributed by atoms with Gasteiger partial charge in [0, 0.05) is 50.3 Å². The standard InChI is InChI=1S/C16H22F3N3O2/c1-14(2,12-3-7-20-8-4-12)11-21-13(23)22-9-5-15(24,6-10-22)16(17,18)19/h3-4,7-8,24H,5-6,9-11H2,1-2H3,(H,21,23). The molecule has 0 aromatic carbocycles. The first-order valence-corrected chi connectivity index (χ1v) is 7.78. The van der Waals surface area contributed by atoms with E-state index in [2.05, 4.69) is 10.3 Å². The van der Waals surface area contributed by atoms with Crippen molar-refractivity contribution in [2.75, 3.05) is 19.6 Å². The van der Waals surface area contributed by atoms with Gasteiger partial charge in [0.2, 0.25) is 0 Å². The Morgan fingerprint density at radius 3 is 2.33 bits per heavy atom. The summed E-state index contributed by atoms with van der Waals surface area (Å²) in [5, 5.41) is 12.4. The molecule has 0 atom stereocenters. The fraction of sp³-hybridized carbons (Fsp3) is 0.625. The van der Waals surface area contributed by atoms with Crippen molar-refractivity contribution >= 4 is 6.03 Å². The minimum atomic E-state index is -4.67. The number of rotatable bonds is 3. The van der Waals surface area contributed by atoms with E-state index in [1.807, 2.05) is 26.0 Å². The van der Waals surface area contributed by atoms with Crippen LogP contribution in [0.2, 0.25) is 0 Å². The highest BCUT2D eigenvalue weighted by atomic mass is 19.4. The quantitative estimate of drug-likeness (QED) is 0.884. The molecule has 0 radical (unpaired) electrons. The van der Waals surface area contributed by atoms with Crippen molar-refractivity contribution in [3.63, 3.8) is 0 Å². The number of nitrogens with one attached hydrogen (secondary N) is 1. The molecule has 1 saturated heterocycles. The molecule has 5 nitrogen and oxygen atoms in total. The van der Waals surface area contributed by atoms with Crippen LogP contribution in [0.15, 0.2) is 24.5 Å². The number of carbonyl (C=O) groups is 1. The zero-order valence-corrected chi connectivity index (χ0v) is 13.7. The number of aliphatic hydroxyl groups is 1. The molecule has 2 heterocycles. The molecule has 1 aliphatic heterocycles. The lowest BCUT2D eigenvalue weighted by molar-refractivity contribution is -0.271. The molecule has 1 aromatic heterocycles. The van der Waals surface area contributed by atoms with Crippen LogP contribution in [0.5, 0.6) is 0 Å². The summed E-state index contributed by atoms with van der Waals surface area (Å²) in [5.41, 5.74) is -2.02. The minimum Gasteiger partial charge on any atom is -0.380 e. The van der Waals surface area contributed by atoms with Crippen molar-refractivity contribution in [2.24, 2.45) is 0 Å². The molecule has 1 aromatic rings. The van der Waals surface area contributed by atoms with Gasteiger partial charge in [0.1, 0.15) is 0 Å². The maximum absolute atomic E-state index is 12.8. The molecule has 0 saturated carbocycles. The number of likely N-dealkylation sites (tertiary alicyclic amines) is 1. The van der Waals surface area contributed by atoms with Gasteiger partial charge in [0.25, 0.3) is 0 Å². The van der Waals surface area contributed by atoms with Crippen LogP contribution >= 0.6 is 0 Å². The number of aromatic nitrogens is 1. The Hall–Kier alpha value is -1.83. The van der Waals surface area contributed by atoms with Gasteiger partial charge in [-0.05, 0) is 17.7 Å². The number of alkyl halides is 3. The van der Waals surface area contributed by atoms with Crippen LogP contribution in [0.4, 0.5) is 18.0 Å². The van der Waals surface area contributed by atoms with Gasteiger partial charge in [-0.2, -0.15) is 13.2 Å². The number of halogens is 3. The van der Waals surface area contributed by atoms with E-state index in [0.717, 1.165) is 5.56 Å². The summed E-state index contributed by atoms with van der Waals surface area (Å²) in [6, 6.07) is 3.30. The van der Waals surface area contributed by atoms with Crippen LogP contribution in [-0.4, -0.2) is 52.4 Å². The van der Waals surface area contributed by atoms with Gasteiger partial charge in [-0.3, -0.25) is 4.98 Å². The molecular weight excluding hydrogens is 323 g/mol. The number of nitrogens with zero attached hydrogens (tertiary/aromatic N) is 2. The fourth-order valence-corrected chi connectivity index (χ4v) is 2.68. The highest BCUT2D eigenvalue weighted by Crippen LogP contribution is 2.38. The molecule has 2 N–H and O–H groups in total. The lowest BCUT2D eigenvalue weighted by Gasteiger charge is -2.39. The van der Waals surface area contributed by atoms with Crippen molar-refractivity contribution in [1.82, 2.24) is 15.2 Å². The largest absolute Gasteiger partial charge is 0.417 e. The van der Waals surface area contributed by atoms with Gasteiger partial charge in [0.15, 0.2) is 5.60 Å². The number of hydrogen-bond donors (Lipinski definition) is 2. The summed E-state index contributed by atoms with van der Waals surface area (Å²) in [6.45, 7) is 4.01. The van der Waals surface area contributed by atoms with Crippen molar-refractivity contribution in [3.05, 3.63) is 30.1 Å². The lowest BCUT2D eigenvalue weighted by Crippen LogP contribution is -2.56. The third kappa shape index (κ3) is 3.98. The average molecular weight is 345 g/mol. The van der Waals surface area contributed by atoms with Gasteiger partial charge in [0.05, 0.1) is 0 Å². The SMILES string of the molecule is CC(C)(CNC(=O)N1CCC(O)(C(F)(F)F)CC1)c1ccncc1. The van der Waals surface area contributed by atoms with Crippen LogP contribution < -0.4 is 5.32 Å². The monoisotopic (exact) mass is 345 g/mol. The Bertz CT molecular complexity index is 568. The van der Waals surface area contributed by atoms with Crippen molar-refractivity contribution < 1.29 is 23.1 Å².